The first-order valence-electron chi connectivity index (χ1n) is 7.03. The van der Waals surface area contributed by atoms with Crippen LogP contribution >= 0.6 is 0 Å². The lowest BCUT2D eigenvalue weighted by atomic mass is 10.1. The van der Waals surface area contributed by atoms with Crippen molar-refractivity contribution in [1.82, 2.24) is 24.4 Å². The van der Waals surface area contributed by atoms with Crippen molar-refractivity contribution in [2.24, 2.45) is 0 Å². The van der Waals surface area contributed by atoms with E-state index in [9.17, 15) is 22.7 Å². The van der Waals surface area contributed by atoms with Gasteiger partial charge in [0, 0.05) is 26.2 Å². The monoisotopic (exact) mass is 355 g/mol. The molecule has 11 heteroatoms. The van der Waals surface area contributed by atoms with E-state index in [1.165, 1.54) is 21.3 Å². The predicted octanol–water partition coefficient (Wildman–Crippen LogP) is -0.204. The van der Waals surface area contributed by atoms with Gasteiger partial charge in [0.05, 0.1) is 0 Å². The number of carbonyl (C=O) groups is 1. The van der Waals surface area contributed by atoms with Crippen LogP contribution in [-0.2, 0) is 10.0 Å². The Bertz CT molecular complexity index is 827. The Kier molecular flexibility index (Phi) is 4.20. The SMILES string of the molecule is O=C(c1c(O)cccc1F)N1CCN(S(=O)(=O)c2ncn[nH]2)CC1. The Morgan fingerprint density at radius 3 is 2.54 bits per heavy atom. The summed E-state index contributed by atoms with van der Waals surface area (Å²) in [7, 11) is -3.81. The van der Waals surface area contributed by atoms with Crippen molar-refractivity contribution in [3.63, 3.8) is 0 Å². The molecule has 9 nitrogen and oxygen atoms in total. The molecule has 1 aromatic heterocycles. The highest BCUT2D eigenvalue weighted by molar-refractivity contribution is 7.88. The maximum Gasteiger partial charge on any atom is 0.278 e. The Hall–Kier alpha value is -2.53. The normalized spacial score (nSPS) is 16.3. The number of nitrogens with zero attached hydrogens (tertiary/aromatic N) is 4. The summed E-state index contributed by atoms with van der Waals surface area (Å²) in [5, 5.41) is 15.2. The van der Waals surface area contributed by atoms with Gasteiger partial charge in [-0.3, -0.25) is 4.79 Å². The van der Waals surface area contributed by atoms with Gasteiger partial charge in [0.1, 0.15) is 23.5 Å². The Morgan fingerprint density at radius 2 is 1.96 bits per heavy atom. The first kappa shape index (κ1) is 16.3. The number of aromatic nitrogens is 3. The van der Waals surface area contributed by atoms with Crippen molar-refractivity contribution >= 4 is 15.9 Å². The van der Waals surface area contributed by atoms with Gasteiger partial charge in [0.25, 0.3) is 21.1 Å². The summed E-state index contributed by atoms with van der Waals surface area (Å²) in [4.78, 5) is 17.3. The maximum atomic E-state index is 13.8. The molecule has 1 aliphatic rings. The molecular weight excluding hydrogens is 341 g/mol. The molecule has 1 amide bonds. The number of aromatic amines is 1. The molecule has 1 saturated heterocycles. The molecular formula is C13H14FN5O4S. The number of carbonyl (C=O) groups excluding carboxylic acids is 1. The van der Waals surface area contributed by atoms with Crippen molar-refractivity contribution in [3.05, 3.63) is 35.9 Å². The molecule has 0 radical (unpaired) electrons. The minimum atomic E-state index is -3.81. The first-order valence-corrected chi connectivity index (χ1v) is 8.47. The Balaban J connectivity index is 1.73. The fourth-order valence-corrected chi connectivity index (χ4v) is 3.69. The lowest BCUT2D eigenvalue weighted by Gasteiger charge is -2.33. The van der Waals surface area contributed by atoms with Crippen LogP contribution in [0.25, 0.3) is 0 Å². The van der Waals surface area contributed by atoms with Gasteiger partial charge in [-0.25, -0.2) is 22.9 Å². The molecule has 1 fully saturated rings. The molecule has 0 aliphatic carbocycles. The van der Waals surface area contributed by atoms with Crippen molar-refractivity contribution in [3.8, 4) is 5.75 Å². The zero-order valence-electron chi connectivity index (χ0n) is 12.4. The summed E-state index contributed by atoms with van der Waals surface area (Å²) in [6.07, 6.45) is 1.09. The molecule has 2 heterocycles. The largest absolute Gasteiger partial charge is 0.507 e. The van der Waals surface area contributed by atoms with E-state index in [0.717, 1.165) is 12.4 Å². The van der Waals surface area contributed by atoms with Crippen molar-refractivity contribution < 1.29 is 22.7 Å². The second kappa shape index (κ2) is 6.17. The molecule has 0 spiro atoms. The Morgan fingerprint density at radius 1 is 1.25 bits per heavy atom. The van der Waals surface area contributed by atoms with Gasteiger partial charge in [0.15, 0.2) is 0 Å². The summed E-state index contributed by atoms with van der Waals surface area (Å²) in [5.74, 6) is -1.95. The number of benzene rings is 1. The minimum absolute atomic E-state index is 0.0317. The third-order valence-corrected chi connectivity index (χ3v) is 5.44. The van der Waals surface area contributed by atoms with Crippen molar-refractivity contribution in [2.45, 2.75) is 5.16 Å². The van der Waals surface area contributed by atoms with Crippen LogP contribution in [0.3, 0.4) is 0 Å². The fraction of sp³-hybridized carbons (Fsp3) is 0.308. The van der Waals surface area contributed by atoms with Crippen molar-refractivity contribution in [2.75, 3.05) is 26.2 Å². The smallest absolute Gasteiger partial charge is 0.278 e. The number of amides is 1. The number of hydrogen-bond acceptors (Lipinski definition) is 6. The molecule has 128 valence electrons. The van der Waals surface area contributed by atoms with Gasteiger partial charge in [-0.1, -0.05) is 6.07 Å². The lowest BCUT2D eigenvalue weighted by molar-refractivity contribution is 0.0689. The summed E-state index contributed by atoms with van der Waals surface area (Å²) in [6, 6.07) is 3.60. The number of phenols is 1. The quantitative estimate of drug-likeness (QED) is 0.787. The Labute approximate surface area is 136 Å². The van der Waals surface area contributed by atoms with Crippen LogP contribution in [0.1, 0.15) is 10.4 Å². The van der Waals surface area contributed by atoms with Crippen LogP contribution in [-0.4, -0.2) is 70.0 Å². The van der Waals surface area contributed by atoms with Crippen LogP contribution in [0.2, 0.25) is 0 Å². The second-order valence-electron chi connectivity index (χ2n) is 5.12. The number of sulfonamides is 1. The molecule has 0 bridgehead atoms. The molecule has 0 atom stereocenters. The maximum absolute atomic E-state index is 13.8. The highest BCUT2D eigenvalue weighted by Crippen LogP contribution is 2.23. The molecule has 1 aliphatic heterocycles. The van der Waals surface area contributed by atoms with E-state index < -0.39 is 33.1 Å². The molecule has 2 aromatic rings. The van der Waals surface area contributed by atoms with Gasteiger partial charge in [0.2, 0.25) is 0 Å². The van der Waals surface area contributed by atoms with Crippen LogP contribution in [0.5, 0.6) is 5.75 Å². The number of halogens is 1. The standard InChI is InChI=1S/C13H14FN5O4S/c14-9-2-1-3-10(20)11(9)12(21)18-4-6-19(7-5-18)24(22,23)13-15-8-16-17-13/h1-3,8,20H,4-7H2,(H,15,16,17). The average molecular weight is 355 g/mol. The van der Waals surface area contributed by atoms with Crippen LogP contribution in [0.4, 0.5) is 4.39 Å². The van der Waals surface area contributed by atoms with E-state index >= 15 is 0 Å². The number of rotatable bonds is 3. The zero-order valence-corrected chi connectivity index (χ0v) is 13.2. The van der Waals surface area contributed by atoms with Gasteiger partial charge in [-0.15, -0.1) is 0 Å². The van der Waals surface area contributed by atoms with E-state index in [0.29, 0.717) is 0 Å². The van der Waals surface area contributed by atoms with Gasteiger partial charge < -0.3 is 10.0 Å². The van der Waals surface area contributed by atoms with Gasteiger partial charge in [-0.05, 0) is 12.1 Å². The number of piperazine rings is 1. The van der Waals surface area contributed by atoms with Gasteiger partial charge in [-0.2, -0.15) is 9.40 Å². The number of phenolic OH excluding ortho intramolecular Hbond substituents is 1. The topological polar surface area (TPSA) is 119 Å². The summed E-state index contributed by atoms with van der Waals surface area (Å²) >= 11 is 0. The lowest BCUT2D eigenvalue weighted by Crippen LogP contribution is -2.50. The van der Waals surface area contributed by atoms with E-state index in [1.54, 1.807) is 0 Å². The molecule has 2 N–H and O–H groups in total. The van der Waals surface area contributed by atoms with E-state index in [4.69, 9.17) is 0 Å². The highest BCUT2D eigenvalue weighted by Gasteiger charge is 2.33. The van der Waals surface area contributed by atoms with E-state index in [2.05, 4.69) is 15.2 Å². The van der Waals surface area contributed by atoms with Gasteiger partial charge >= 0.3 is 0 Å². The summed E-state index contributed by atoms with van der Waals surface area (Å²) in [5.41, 5.74) is -0.413. The second-order valence-corrected chi connectivity index (χ2v) is 6.97. The van der Waals surface area contributed by atoms with E-state index in [-0.39, 0.29) is 31.3 Å². The fourth-order valence-electron chi connectivity index (χ4n) is 2.45. The zero-order chi connectivity index (χ0) is 17.3. The van der Waals surface area contributed by atoms with Crippen LogP contribution in [0.15, 0.2) is 29.7 Å². The van der Waals surface area contributed by atoms with Crippen LogP contribution < -0.4 is 0 Å². The molecule has 1 aromatic carbocycles. The van der Waals surface area contributed by atoms with E-state index in [1.807, 2.05) is 0 Å². The summed E-state index contributed by atoms with van der Waals surface area (Å²) < 4.78 is 39.5. The molecule has 24 heavy (non-hydrogen) atoms. The molecule has 3 rings (SSSR count). The number of aromatic hydroxyl groups is 1. The molecule has 0 unspecified atom stereocenters. The predicted molar refractivity (Wildman–Crippen MR) is 79.1 cm³/mol. The third-order valence-electron chi connectivity index (χ3n) is 3.71. The van der Waals surface area contributed by atoms with Crippen molar-refractivity contribution in [1.29, 1.82) is 0 Å². The number of H-pyrrole nitrogens is 1. The highest BCUT2D eigenvalue weighted by atomic mass is 32.2. The third kappa shape index (κ3) is 2.83. The minimum Gasteiger partial charge on any atom is -0.507 e. The summed E-state index contributed by atoms with van der Waals surface area (Å²) in [6.45, 7) is 0.202. The average Bonchev–Trinajstić information content (AvgIpc) is 3.10. The van der Waals surface area contributed by atoms with Crippen LogP contribution in [0, 0.1) is 5.82 Å². The molecule has 0 saturated carbocycles. The number of hydrogen-bond donors (Lipinski definition) is 2. The number of nitrogens with one attached hydrogen (secondary N) is 1. The first-order chi connectivity index (χ1) is 11.4.